The summed E-state index contributed by atoms with van der Waals surface area (Å²) in [6, 6.07) is 7.81. The lowest BCUT2D eigenvalue weighted by Gasteiger charge is -2.31. The van der Waals surface area contributed by atoms with E-state index in [1.54, 1.807) is 12.1 Å². The maximum atomic E-state index is 14.1. The number of nitrogens with one attached hydrogen (secondary N) is 2. The normalized spacial score (nSPS) is 22.4. The van der Waals surface area contributed by atoms with E-state index in [1.807, 2.05) is 6.07 Å². The summed E-state index contributed by atoms with van der Waals surface area (Å²) in [5.41, 5.74) is -1.86. The molecule has 0 spiro atoms. The number of piperidine rings is 1. The first-order valence-corrected chi connectivity index (χ1v) is 8.78. The van der Waals surface area contributed by atoms with Crippen LogP contribution in [-0.2, 0) is 5.72 Å². The number of benzene rings is 1. The van der Waals surface area contributed by atoms with Crippen molar-refractivity contribution in [3.05, 3.63) is 52.8 Å². The summed E-state index contributed by atoms with van der Waals surface area (Å²) in [6.07, 6.45) is -1.81. The van der Waals surface area contributed by atoms with Gasteiger partial charge >= 0.3 is 11.9 Å². The van der Waals surface area contributed by atoms with E-state index in [1.165, 1.54) is 18.3 Å². The quantitative estimate of drug-likeness (QED) is 0.730. The second kappa shape index (κ2) is 7.37. The number of halogens is 5. The highest BCUT2D eigenvalue weighted by Gasteiger charge is 2.63. The fourth-order valence-corrected chi connectivity index (χ4v) is 3.68. The van der Waals surface area contributed by atoms with E-state index in [9.17, 15) is 13.2 Å². The first-order chi connectivity index (χ1) is 12.4. The van der Waals surface area contributed by atoms with E-state index in [2.05, 4.69) is 15.6 Å². The molecule has 1 atom stereocenters. The van der Waals surface area contributed by atoms with E-state index >= 15 is 0 Å². The molecule has 146 valence electrons. The van der Waals surface area contributed by atoms with Crippen LogP contribution in [0.2, 0.25) is 5.02 Å². The molecule has 2 aliphatic heterocycles. The zero-order chi connectivity index (χ0) is 18.4. The van der Waals surface area contributed by atoms with Crippen molar-refractivity contribution >= 4 is 29.7 Å². The van der Waals surface area contributed by atoms with Crippen LogP contribution in [-0.4, -0.2) is 24.2 Å². The standard InChI is InChI=1S/C18H17ClF3N3O.ClH/c19-12-4-5-15(24-10-12)17(18(20,21)22)25-14-3-1-2-13(16(14)26-17)11-6-8-23-9-7-11;/h1-5,10-11,23,25H,6-9H2;1H. The third kappa shape index (κ3) is 3.44. The maximum Gasteiger partial charge on any atom is 0.455 e. The summed E-state index contributed by atoms with van der Waals surface area (Å²) in [6.45, 7) is 1.68. The average Bonchev–Trinajstić information content (AvgIpc) is 3.04. The summed E-state index contributed by atoms with van der Waals surface area (Å²) < 4.78 is 47.8. The highest BCUT2D eigenvalue weighted by Crippen LogP contribution is 2.52. The molecule has 1 aromatic carbocycles. The summed E-state index contributed by atoms with van der Waals surface area (Å²) in [5, 5.41) is 6.06. The molecule has 1 saturated heterocycles. The molecule has 0 saturated carbocycles. The Kier molecular flexibility index (Phi) is 5.47. The summed E-state index contributed by atoms with van der Waals surface area (Å²) in [5.74, 6) is 0.420. The van der Waals surface area contributed by atoms with Gasteiger partial charge < -0.3 is 15.4 Å². The van der Waals surface area contributed by atoms with Gasteiger partial charge in [-0.3, -0.25) is 4.98 Å². The number of anilines is 1. The predicted molar refractivity (Wildman–Crippen MR) is 99.8 cm³/mol. The number of aromatic nitrogens is 1. The van der Waals surface area contributed by atoms with Gasteiger partial charge in [-0.2, -0.15) is 13.2 Å². The number of nitrogens with zero attached hydrogens (tertiary/aromatic N) is 1. The third-order valence-corrected chi connectivity index (χ3v) is 5.10. The van der Waals surface area contributed by atoms with Crippen molar-refractivity contribution in [2.75, 3.05) is 18.4 Å². The Morgan fingerprint density at radius 1 is 1.15 bits per heavy atom. The Bertz CT molecular complexity index is 810. The average molecular weight is 420 g/mol. The number of fused-ring (bicyclic) bond motifs is 1. The zero-order valence-electron chi connectivity index (χ0n) is 14.1. The largest absolute Gasteiger partial charge is 0.455 e. The van der Waals surface area contributed by atoms with Crippen molar-refractivity contribution in [3.8, 4) is 5.75 Å². The Labute approximate surface area is 165 Å². The molecule has 2 N–H and O–H groups in total. The van der Waals surface area contributed by atoms with Gasteiger partial charge in [-0.25, -0.2) is 0 Å². The second-order valence-electron chi connectivity index (χ2n) is 6.52. The fourth-order valence-electron chi connectivity index (χ4n) is 3.56. The fraction of sp³-hybridized carbons (Fsp3) is 0.389. The molecule has 0 radical (unpaired) electrons. The summed E-state index contributed by atoms with van der Waals surface area (Å²) >= 11 is 5.78. The van der Waals surface area contributed by atoms with Crippen LogP contribution >= 0.6 is 24.0 Å². The molecule has 1 fully saturated rings. The zero-order valence-corrected chi connectivity index (χ0v) is 15.7. The molecule has 0 aliphatic carbocycles. The molecule has 2 aromatic rings. The van der Waals surface area contributed by atoms with Crippen LogP contribution in [0.5, 0.6) is 5.75 Å². The van der Waals surface area contributed by atoms with Crippen LogP contribution in [0.15, 0.2) is 36.5 Å². The van der Waals surface area contributed by atoms with Crippen LogP contribution in [0, 0.1) is 0 Å². The molecule has 3 heterocycles. The number of rotatable bonds is 2. The van der Waals surface area contributed by atoms with Gasteiger partial charge in [0, 0.05) is 6.20 Å². The second-order valence-corrected chi connectivity index (χ2v) is 6.95. The molecular formula is C18H18Cl2F3N3O. The SMILES string of the molecule is Cl.FC(F)(F)C1(c2ccc(Cl)cn2)Nc2cccc(C3CCNCC3)c2O1. The minimum Gasteiger partial charge on any atom is -0.451 e. The Morgan fingerprint density at radius 2 is 1.89 bits per heavy atom. The molecule has 4 nitrogen and oxygen atoms in total. The summed E-state index contributed by atoms with van der Waals surface area (Å²) in [4.78, 5) is 3.87. The van der Waals surface area contributed by atoms with Crippen LogP contribution in [0.4, 0.5) is 18.9 Å². The van der Waals surface area contributed by atoms with Crippen molar-refractivity contribution in [1.82, 2.24) is 10.3 Å². The Balaban J connectivity index is 0.00000210. The van der Waals surface area contributed by atoms with Crippen molar-refractivity contribution in [3.63, 3.8) is 0 Å². The number of hydrogen-bond donors (Lipinski definition) is 2. The van der Waals surface area contributed by atoms with Crippen molar-refractivity contribution in [1.29, 1.82) is 0 Å². The lowest BCUT2D eigenvalue weighted by atomic mass is 9.89. The van der Waals surface area contributed by atoms with Gasteiger partial charge in [0.15, 0.2) is 0 Å². The lowest BCUT2D eigenvalue weighted by molar-refractivity contribution is -0.239. The molecule has 1 unspecified atom stereocenters. The number of para-hydroxylation sites is 1. The molecule has 0 bridgehead atoms. The molecule has 0 amide bonds. The van der Waals surface area contributed by atoms with Gasteiger partial charge in [0.25, 0.3) is 0 Å². The molecule has 27 heavy (non-hydrogen) atoms. The molecule has 2 aliphatic rings. The van der Waals surface area contributed by atoms with Crippen molar-refractivity contribution in [2.45, 2.75) is 30.7 Å². The van der Waals surface area contributed by atoms with Crippen LogP contribution < -0.4 is 15.4 Å². The van der Waals surface area contributed by atoms with Gasteiger partial charge in [0.05, 0.1) is 10.7 Å². The van der Waals surface area contributed by atoms with E-state index in [0.29, 0.717) is 5.69 Å². The molecule has 1 aromatic heterocycles. The van der Waals surface area contributed by atoms with Crippen LogP contribution in [0.1, 0.15) is 30.0 Å². The monoisotopic (exact) mass is 419 g/mol. The highest BCUT2D eigenvalue weighted by molar-refractivity contribution is 6.30. The smallest absolute Gasteiger partial charge is 0.451 e. The molecule has 9 heteroatoms. The predicted octanol–water partition coefficient (Wildman–Crippen LogP) is 4.84. The maximum absolute atomic E-state index is 14.1. The Morgan fingerprint density at radius 3 is 2.52 bits per heavy atom. The van der Waals surface area contributed by atoms with Crippen molar-refractivity contribution < 1.29 is 17.9 Å². The third-order valence-electron chi connectivity index (χ3n) is 4.88. The highest BCUT2D eigenvalue weighted by atomic mass is 35.5. The minimum absolute atomic E-state index is 0. The van der Waals surface area contributed by atoms with Crippen LogP contribution in [0.3, 0.4) is 0 Å². The first-order valence-electron chi connectivity index (χ1n) is 8.40. The molecular weight excluding hydrogens is 402 g/mol. The van der Waals surface area contributed by atoms with E-state index in [-0.39, 0.29) is 34.8 Å². The number of hydrogen-bond acceptors (Lipinski definition) is 4. The van der Waals surface area contributed by atoms with Crippen LogP contribution in [0.25, 0.3) is 0 Å². The van der Waals surface area contributed by atoms with E-state index in [4.69, 9.17) is 16.3 Å². The topological polar surface area (TPSA) is 46.2 Å². The molecule has 4 rings (SSSR count). The first kappa shape index (κ1) is 20.0. The van der Waals surface area contributed by atoms with Gasteiger partial charge in [0.1, 0.15) is 11.4 Å². The number of ether oxygens (including phenoxy) is 1. The van der Waals surface area contributed by atoms with Gasteiger partial charge in [-0.15, -0.1) is 12.4 Å². The summed E-state index contributed by atoms with van der Waals surface area (Å²) in [7, 11) is 0. The number of alkyl halides is 3. The van der Waals surface area contributed by atoms with E-state index in [0.717, 1.165) is 31.5 Å². The van der Waals surface area contributed by atoms with Gasteiger partial charge in [0.2, 0.25) is 0 Å². The minimum atomic E-state index is -4.71. The van der Waals surface area contributed by atoms with E-state index < -0.39 is 11.9 Å². The lowest BCUT2D eigenvalue weighted by Crippen LogP contribution is -2.51. The number of pyridine rings is 1. The van der Waals surface area contributed by atoms with Gasteiger partial charge in [-0.05, 0) is 55.6 Å². The van der Waals surface area contributed by atoms with Crippen molar-refractivity contribution in [2.24, 2.45) is 0 Å². The Hall–Kier alpha value is -1.70. The van der Waals surface area contributed by atoms with Gasteiger partial charge in [-0.1, -0.05) is 23.7 Å².